The second-order valence-electron chi connectivity index (χ2n) is 5.02. The van der Waals surface area contributed by atoms with Crippen molar-refractivity contribution in [3.8, 4) is 11.6 Å². The Morgan fingerprint density at radius 3 is 2.52 bits per heavy atom. The van der Waals surface area contributed by atoms with Gasteiger partial charge in [-0.2, -0.15) is 0 Å². The zero-order chi connectivity index (χ0) is 15.6. The van der Waals surface area contributed by atoms with Gasteiger partial charge in [0.2, 0.25) is 5.88 Å². The highest BCUT2D eigenvalue weighted by Gasteiger charge is 2.18. The summed E-state index contributed by atoms with van der Waals surface area (Å²) >= 11 is 0. The molecule has 0 radical (unpaired) electrons. The van der Waals surface area contributed by atoms with Gasteiger partial charge in [0.05, 0.1) is 0 Å². The molecule has 1 aromatic carbocycles. The van der Waals surface area contributed by atoms with Crippen LogP contribution in [0.4, 0.5) is 0 Å². The number of aromatic nitrogens is 1. The predicted octanol–water partition coefficient (Wildman–Crippen LogP) is 4.23. The number of halogens is 1. The Kier molecular flexibility index (Phi) is 4.54. The van der Waals surface area contributed by atoms with Crippen LogP contribution in [-0.2, 0) is 9.05 Å². The molecule has 21 heavy (non-hydrogen) atoms. The van der Waals surface area contributed by atoms with Crippen LogP contribution < -0.4 is 4.74 Å². The van der Waals surface area contributed by atoms with Gasteiger partial charge in [0.15, 0.2) is 0 Å². The summed E-state index contributed by atoms with van der Waals surface area (Å²) in [6, 6.07) is 8.47. The van der Waals surface area contributed by atoms with E-state index in [0.717, 1.165) is 5.56 Å². The maximum absolute atomic E-state index is 11.5. The Balaban J connectivity index is 2.38. The Hall–Kier alpha value is -1.59. The summed E-state index contributed by atoms with van der Waals surface area (Å²) < 4.78 is 28.6. The van der Waals surface area contributed by atoms with Gasteiger partial charge in [-0.15, -0.1) is 0 Å². The van der Waals surface area contributed by atoms with Crippen molar-refractivity contribution in [3.63, 3.8) is 0 Å². The van der Waals surface area contributed by atoms with E-state index >= 15 is 0 Å². The normalized spacial score (nSPS) is 11.7. The molecule has 0 fully saturated rings. The summed E-state index contributed by atoms with van der Waals surface area (Å²) in [6.45, 7) is 6.21. The predicted molar refractivity (Wildman–Crippen MR) is 82.6 cm³/mol. The molecule has 0 aliphatic carbocycles. The minimum Gasteiger partial charge on any atom is -0.438 e. The third kappa shape index (κ3) is 3.74. The van der Waals surface area contributed by atoms with Gasteiger partial charge >= 0.3 is 0 Å². The quantitative estimate of drug-likeness (QED) is 0.789. The van der Waals surface area contributed by atoms with Crippen LogP contribution >= 0.6 is 10.7 Å². The topological polar surface area (TPSA) is 56.3 Å². The van der Waals surface area contributed by atoms with Crippen molar-refractivity contribution in [2.24, 2.45) is 0 Å². The van der Waals surface area contributed by atoms with Crippen LogP contribution in [0.5, 0.6) is 11.6 Å². The van der Waals surface area contributed by atoms with Gasteiger partial charge in [-0.1, -0.05) is 19.9 Å². The number of ether oxygens (including phenoxy) is 1. The summed E-state index contributed by atoms with van der Waals surface area (Å²) in [5.41, 5.74) is 2.29. The highest BCUT2D eigenvalue weighted by molar-refractivity contribution is 8.13. The molecule has 2 aromatic rings. The van der Waals surface area contributed by atoms with E-state index in [1.807, 2.05) is 19.1 Å². The monoisotopic (exact) mass is 325 g/mol. The number of nitrogens with zero attached hydrogens (tertiary/aromatic N) is 1. The van der Waals surface area contributed by atoms with E-state index < -0.39 is 9.05 Å². The molecule has 0 spiro atoms. The maximum atomic E-state index is 11.5. The minimum absolute atomic E-state index is 0.0239. The fourth-order valence-electron chi connectivity index (χ4n) is 2.11. The Morgan fingerprint density at radius 2 is 1.95 bits per heavy atom. The minimum atomic E-state index is -3.90. The second kappa shape index (κ2) is 6.03. The fraction of sp³-hybridized carbons (Fsp3) is 0.267. The molecule has 0 saturated carbocycles. The molecule has 6 heteroatoms. The first-order valence-corrected chi connectivity index (χ1v) is 8.78. The standard InChI is InChI=1S/C15H16ClNO3S/c1-10(2)13-7-6-12(9-11(13)3)20-15-14(21(16,18)19)5-4-8-17-15/h4-10H,1-3H3. The van der Waals surface area contributed by atoms with Crippen LogP contribution in [0.1, 0.15) is 30.9 Å². The Labute approximate surface area is 129 Å². The lowest BCUT2D eigenvalue weighted by Gasteiger charge is -2.12. The van der Waals surface area contributed by atoms with Gasteiger partial charge in [0.25, 0.3) is 9.05 Å². The van der Waals surface area contributed by atoms with Crippen molar-refractivity contribution < 1.29 is 13.2 Å². The third-order valence-corrected chi connectivity index (χ3v) is 4.41. The van der Waals surface area contributed by atoms with E-state index in [2.05, 4.69) is 18.8 Å². The summed E-state index contributed by atoms with van der Waals surface area (Å²) in [7, 11) is 1.48. The lowest BCUT2D eigenvalue weighted by molar-refractivity contribution is 0.447. The van der Waals surface area contributed by atoms with Crippen molar-refractivity contribution in [1.82, 2.24) is 4.98 Å². The van der Waals surface area contributed by atoms with Gasteiger partial charge in [-0.05, 0) is 48.2 Å². The second-order valence-corrected chi connectivity index (χ2v) is 7.55. The van der Waals surface area contributed by atoms with Crippen LogP contribution in [-0.4, -0.2) is 13.4 Å². The average molecular weight is 326 g/mol. The molecule has 0 unspecified atom stereocenters. The van der Waals surface area contributed by atoms with Crippen LogP contribution in [0.15, 0.2) is 41.4 Å². The van der Waals surface area contributed by atoms with Crippen LogP contribution in [0.2, 0.25) is 0 Å². The van der Waals surface area contributed by atoms with E-state index in [4.69, 9.17) is 15.4 Å². The Morgan fingerprint density at radius 1 is 1.24 bits per heavy atom. The van der Waals surface area contributed by atoms with Crippen molar-refractivity contribution >= 4 is 19.7 Å². The number of benzene rings is 1. The first-order chi connectivity index (χ1) is 9.79. The molecule has 0 bridgehead atoms. The van der Waals surface area contributed by atoms with Crippen LogP contribution in [0.3, 0.4) is 0 Å². The van der Waals surface area contributed by atoms with Crippen molar-refractivity contribution in [2.45, 2.75) is 31.6 Å². The van der Waals surface area contributed by atoms with Crippen LogP contribution in [0, 0.1) is 6.92 Å². The molecule has 0 N–H and O–H groups in total. The van der Waals surface area contributed by atoms with E-state index in [1.54, 1.807) is 6.07 Å². The average Bonchev–Trinajstić information content (AvgIpc) is 2.37. The molecule has 0 aliphatic heterocycles. The smallest absolute Gasteiger partial charge is 0.266 e. The van der Waals surface area contributed by atoms with Gasteiger partial charge in [0, 0.05) is 16.9 Å². The third-order valence-electron chi connectivity index (χ3n) is 3.08. The molecule has 4 nitrogen and oxygen atoms in total. The molecule has 2 rings (SSSR count). The van der Waals surface area contributed by atoms with Crippen molar-refractivity contribution in [2.75, 3.05) is 0 Å². The lowest BCUT2D eigenvalue weighted by atomic mass is 9.98. The van der Waals surface area contributed by atoms with Gasteiger partial charge in [-0.25, -0.2) is 13.4 Å². The van der Waals surface area contributed by atoms with Gasteiger partial charge in [0.1, 0.15) is 10.6 Å². The summed E-state index contributed by atoms with van der Waals surface area (Å²) in [5, 5.41) is 0. The zero-order valence-electron chi connectivity index (χ0n) is 12.0. The van der Waals surface area contributed by atoms with E-state index in [1.165, 1.54) is 23.9 Å². The first kappa shape index (κ1) is 15.8. The largest absolute Gasteiger partial charge is 0.438 e. The lowest BCUT2D eigenvalue weighted by Crippen LogP contribution is -1.99. The molecule has 0 amide bonds. The highest BCUT2D eigenvalue weighted by atomic mass is 35.7. The summed E-state index contributed by atoms with van der Waals surface area (Å²) in [5.74, 6) is 0.911. The zero-order valence-corrected chi connectivity index (χ0v) is 13.6. The number of hydrogen-bond donors (Lipinski definition) is 0. The molecular formula is C15H16ClNO3S. The van der Waals surface area contributed by atoms with E-state index in [0.29, 0.717) is 11.7 Å². The summed E-state index contributed by atoms with van der Waals surface area (Å²) in [4.78, 5) is 3.80. The first-order valence-electron chi connectivity index (χ1n) is 6.47. The molecule has 1 aromatic heterocycles. The summed E-state index contributed by atoms with van der Waals surface area (Å²) in [6.07, 6.45) is 1.45. The molecule has 112 valence electrons. The van der Waals surface area contributed by atoms with Crippen LogP contribution in [0.25, 0.3) is 0 Å². The Bertz CT molecular complexity index is 757. The van der Waals surface area contributed by atoms with Gasteiger partial charge in [-0.3, -0.25) is 0 Å². The number of hydrogen-bond acceptors (Lipinski definition) is 4. The maximum Gasteiger partial charge on any atom is 0.266 e. The molecular weight excluding hydrogens is 310 g/mol. The molecule has 0 aliphatic rings. The van der Waals surface area contributed by atoms with E-state index in [-0.39, 0.29) is 10.8 Å². The van der Waals surface area contributed by atoms with Gasteiger partial charge < -0.3 is 4.74 Å². The SMILES string of the molecule is Cc1cc(Oc2ncccc2S(=O)(=O)Cl)ccc1C(C)C. The molecule has 0 atom stereocenters. The fourth-order valence-corrected chi connectivity index (χ4v) is 3.01. The molecule has 0 saturated heterocycles. The van der Waals surface area contributed by atoms with E-state index in [9.17, 15) is 8.42 Å². The number of rotatable bonds is 4. The number of pyridine rings is 1. The van der Waals surface area contributed by atoms with Crippen molar-refractivity contribution in [3.05, 3.63) is 47.7 Å². The van der Waals surface area contributed by atoms with Crippen molar-refractivity contribution in [1.29, 1.82) is 0 Å². The number of aryl methyl sites for hydroxylation is 1. The highest BCUT2D eigenvalue weighted by Crippen LogP contribution is 2.30. The molecule has 1 heterocycles.